The van der Waals surface area contributed by atoms with Gasteiger partial charge in [0, 0.05) is 16.9 Å². The molecule has 2 N–H and O–H groups in total. The van der Waals surface area contributed by atoms with Gasteiger partial charge >= 0.3 is 0 Å². The first-order valence-corrected chi connectivity index (χ1v) is 11.8. The van der Waals surface area contributed by atoms with Gasteiger partial charge in [-0.15, -0.1) is 0 Å². The van der Waals surface area contributed by atoms with Gasteiger partial charge < -0.3 is 10.6 Å². The van der Waals surface area contributed by atoms with Gasteiger partial charge in [0.15, 0.2) is 0 Å². The van der Waals surface area contributed by atoms with Gasteiger partial charge in [-0.2, -0.15) is 0 Å². The molecular formula is C29H25N3O4. The maximum atomic E-state index is 13.2. The molecule has 180 valence electrons. The quantitative estimate of drug-likeness (QED) is 0.396. The minimum atomic E-state index is -0.447. The molecule has 2 atom stereocenters. The first-order chi connectivity index (χ1) is 17.4. The zero-order valence-corrected chi connectivity index (χ0v) is 19.7. The number of anilines is 3. The maximum absolute atomic E-state index is 13.2. The average molecular weight is 480 g/mol. The van der Waals surface area contributed by atoms with Crippen molar-refractivity contribution in [3.63, 3.8) is 0 Å². The summed E-state index contributed by atoms with van der Waals surface area (Å²) in [7, 11) is 0. The Balaban J connectivity index is 1.32. The fraction of sp³-hybridized carbons (Fsp3) is 0.172. The van der Waals surface area contributed by atoms with Crippen molar-refractivity contribution in [1.82, 2.24) is 0 Å². The lowest BCUT2D eigenvalue weighted by atomic mass is 9.82. The molecule has 7 nitrogen and oxygen atoms in total. The van der Waals surface area contributed by atoms with Gasteiger partial charge in [0.25, 0.3) is 11.8 Å². The van der Waals surface area contributed by atoms with Gasteiger partial charge in [-0.3, -0.25) is 19.2 Å². The highest BCUT2D eigenvalue weighted by atomic mass is 16.2. The number of carbonyl (C=O) groups excluding carboxylic acids is 4. The predicted octanol–water partition coefficient (Wildman–Crippen LogP) is 5.04. The standard InChI is InChI=1S/C29H25N3O4/c1-18-11-16-22-24(17-18)29(36)32(28(22)35)25-10-6-5-9-23(25)27(34)31-21-14-12-19(13-15-21)26(33)30-20-7-3-2-4-8-20/h2-15,22,24H,16-17H2,1H3,(H,30,33)(H,31,34)/t22-,24-/m1/s1. The van der Waals surface area contributed by atoms with Crippen LogP contribution in [0.1, 0.15) is 40.5 Å². The van der Waals surface area contributed by atoms with E-state index in [9.17, 15) is 19.2 Å². The summed E-state index contributed by atoms with van der Waals surface area (Å²) in [6.45, 7) is 1.97. The summed E-state index contributed by atoms with van der Waals surface area (Å²) in [4.78, 5) is 53.1. The number of allylic oxidation sites excluding steroid dienone is 2. The van der Waals surface area contributed by atoms with E-state index in [1.54, 1.807) is 60.7 Å². The van der Waals surface area contributed by atoms with Crippen LogP contribution in [0.15, 0.2) is 90.5 Å². The van der Waals surface area contributed by atoms with Crippen LogP contribution >= 0.6 is 0 Å². The van der Waals surface area contributed by atoms with E-state index in [1.807, 2.05) is 31.2 Å². The number of nitrogens with zero attached hydrogens (tertiary/aromatic N) is 1. The number of hydrogen-bond donors (Lipinski definition) is 2. The number of hydrogen-bond acceptors (Lipinski definition) is 4. The van der Waals surface area contributed by atoms with Crippen molar-refractivity contribution >= 4 is 40.7 Å². The molecule has 3 aromatic rings. The van der Waals surface area contributed by atoms with E-state index in [-0.39, 0.29) is 40.8 Å². The second-order valence-electron chi connectivity index (χ2n) is 9.08. The van der Waals surface area contributed by atoms with Crippen molar-refractivity contribution in [3.05, 3.63) is 102 Å². The van der Waals surface area contributed by atoms with Crippen molar-refractivity contribution in [2.24, 2.45) is 11.8 Å². The number of fused-ring (bicyclic) bond motifs is 1. The van der Waals surface area contributed by atoms with Crippen molar-refractivity contribution in [3.8, 4) is 0 Å². The van der Waals surface area contributed by atoms with E-state index < -0.39 is 5.91 Å². The molecule has 4 amide bonds. The van der Waals surface area contributed by atoms with Crippen LogP contribution in [-0.2, 0) is 9.59 Å². The monoisotopic (exact) mass is 479 g/mol. The smallest absolute Gasteiger partial charge is 0.257 e. The molecule has 0 aromatic heterocycles. The van der Waals surface area contributed by atoms with Gasteiger partial charge in [-0.25, -0.2) is 4.90 Å². The lowest BCUT2D eigenvalue weighted by molar-refractivity contribution is -0.122. The molecule has 0 spiro atoms. The van der Waals surface area contributed by atoms with Crippen LogP contribution in [0.4, 0.5) is 17.1 Å². The Labute approximate surface area is 208 Å². The molecular weight excluding hydrogens is 454 g/mol. The zero-order chi connectivity index (χ0) is 25.2. The number of rotatable bonds is 5. The Morgan fingerprint density at radius 2 is 1.36 bits per heavy atom. The Morgan fingerprint density at radius 1 is 0.750 bits per heavy atom. The van der Waals surface area contributed by atoms with E-state index in [0.717, 1.165) is 5.57 Å². The van der Waals surface area contributed by atoms with Gasteiger partial charge in [0.2, 0.25) is 11.8 Å². The zero-order valence-electron chi connectivity index (χ0n) is 19.7. The summed E-state index contributed by atoms with van der Waals surface area (Å²) < 4.78 is 0. The molecule has 36 heavy (non-hydrogen) atoms. The third-order valence-electron chi connectivity index (χ3n) is 6.65. The van der Waals surface area contributed by atoms with E-state index in [0.29, 0.717) is 29.8 Å². The summed E-state index contributed by atoms with van der Waals surface area (Å²) in [6.07, 6.45) is 3.11. The number of benzene rings is 3. The highest BCUT2D eigenvalue weighted by molar-refractivity contribution is 6.25. The largest absolute Gasteiger partial charge is 0.322 e. The van der Waals surface area contributed by atoms with Crippen LogP contribution in [0.5, 0.6) is 0 Å². The Kier molecular flexibility index (Phi) is 6.21. The van der Waals surface area contributed by atoms with Crippen molar-refractivity contribution in [2.45, 2.75) is 19.8 Å². The summed E-state index contributed by atoms with van der Waals surface area (Å²) in [5.74, 6) is -1.99. The van der Waals surface area contributed by atoms with Gasteiger partial charge in [-0.05, 0) is 68.3 Å². The van der Waals surface area contributed by atoms with Gasteiger partial charge in [0.05, 0.1) is 23.1 Å². The number of nitrogens with one attached hydrogen (secondary N) is 2. The highest BCUT2D eigenvalue weighted by Crippen LogP contribution is 2.40. The minimum absolute atomic E-state index is 0.230. The van der Waals surface area contributed by atoms with E-state index >= 15 is 0 Å². The highest BCUT2D eigenvalue weighted by Gasteiger charge is 2.49. The number of carbonyl (C=O) groups is 4. The normalized spacial score (nSPS) is 18.9. The maximum Gasteiger partial charge on any atom is 0.257 e. The molecule has 1 fully saturated rings. The fourth-order valence-corrected chi connectivity index (χ4v) is 4.76. The van der Waals surface area contributed by atoms with E-state index in [4.69, 9.17) is 0 Å². The average Bonchev–Trinajstić information content (AvgIpc) is 3.13. The molecule has 0 bridgehead atoms. The molecule has 2 aliphatic rings. The molecule has 1 heterocycles. The van der Waals surface area contributed by atoms with Gasteiger partial charge in [0.1, 0.15) is 0 Å². The molecule has 1 aliphatic heterocycles. The Morgan fingerprint density at radius 3 is 2.11 bits per heavy atom. The molecule has 0 saturated carbocycles. The predicted molar refractivity (Wildman–Crippen MR) is 138 cm³/mol. The molecule has 7 heteroatoms. The SMILES string of the molecule is CC1=CC[C@H]2C(=O)N(c3ccccc3C(=O)Nc3ccc(C(=O)Nc4ccccc4)cc3)C(=O)[C@@H]2C1. The molecule has 1 aliphatic carbocycles. The third-order valence-corrected chi connectivity index (χ3v) is 6.65. The van der Waals surface area contributed by atoms with E-state index in [1.165, 1.54) is 4.90 Å². The minimum Gasteiger partial charge on any atom is -0.322 e. The second-order valence-corrected chi connectivity index (χ2v) is 9.08. The van der Waals surface area contributed by atoms with Crippen LogP contribution in [0, 0.1) is 11.8 Å². The van der Waals surface area contributed by atoms with Crippen LogP contribution in [-0.4, -0.2) is 23.6 Å². The molecule has 5 rings (SSSR count). The molecule has 1 saturated heterocycles. The summed E-state index contributed by atoms with van der Waals surface area (Å²) in [5, 5.41) is 5.62. The van der Waals surface area contributed by atoms with Crippen molar-refractivity contribution in [1.29, 1.82) is 0 Å². The number of para-hydroxylation sites is 2. The van der Waals surface area contributed by atoms with E-state index in [2.05, 4.69) is 10.6 Å². The molecule has 3 aromatic carbocycles. The summed E-state index contributed by atoms with van der Waals surface area (Å²) in [6, 6.07) is 22.3. The summed E-state index contributed by atoms with van der Waals surface area (Å²) >= 11 is 0. The lowest BCUT2D eigenvalue weighted by Gasteiger charge is -2.19. The fourth-order valence-electron chi connectivity index (χ4n) is 4.76. The molecule has 0 radical (unpaired) electrons. The first kappa shape index (κ1) is 23.2. The van der Waals surface area contributed by atoms with Crippen LogP contribution in [0.2, 0.25) is 0 Å². The number of amides is 4. The second kappa shape index (κ2) is 9.62. The van der Waals surface area contributed by atoms with Gasteiger partial charge in [-0.1, -0.05) is 42.0 Å². The summed E-state index contributed by atoms with van der Waals surface area (Å²) in [5.41, 5.74) is 3.24. The lowest BCUT2D eigenvalue weighted by Crippen LogP contribution is -2.33. The Hall–Kier alpha value is -4.52. The third kappa shape index (κ3) is 4.43. The first-order valence-electron chi connectivity index (χ1n) is 11.8. The van der Waals surface area contributed by atoms with Crippen LogP contribution in [0.25, 0.3) is 0 Å². The van der Waals surface area contributed by atoms with Crippen molar-refractivity contribution < 1.29 is 19.2 Å². The molecule has 0 unspecified atom stereocenters. The van der Waals surface area contributed by atoms with Crippen LogP contribution < -0.4 is 15.5 Å². The van der Waals surface area contributed by atoms with Crippen LogP contribution in [0.3, 0.4) is 0 Å². The van der Waals surface area contributed by atoms with Crippen molar-refractivity contribution in [2.75, 3.05) is 15.5 Å². The Bertz CT molecular complexity index is 1380. The number of imide groups is 1. The topological polar surface area (TPSA) is 95.6 Å².